The first-order valence-electron chi connectivity index (χ1n) is 5.98. The van der Waals surface area contributed by atoms with Gasteiger partial charge in [-0.2, -0.15) is 0 Å². The topological polar surface area (TPSA) is 76.4 Å². The number of fused-ring (bicyclic) bond motifs is 1. The molecule has 0 spiro atoms. The third kappa shape index (κ3) is 2.52. The predicted octanol–water partition coefficient (Wildman–Crippen LogP) is 2.56. The fourth-order valence-corrected chi connectivity index (χ4v) is 1.95. The van der Waals surface area contributed by atoms with Crippen molar-refractivity contribution in [1.82, 2.24) is 5.16 Å². The molecule has 2 amide bonds. The van der Waals surface area contributed by atoms with Crippen molar-refractivity contribution >= 4 is 17.5 Å². The van der Waals surface area contributed by atoms with Crippen LogP contribution in [-0.2, 0) is 6.42 Å². The molecule has 2 N–H and O–H groups in total. The predicted molar refractivity (Wildman–Crippen MR) is 69.5 cm³/mol. The largest absolute Gasteiger partial charge is 0.493 e. The number of aryl methyl sites for hydroxylation is 1. The minimum absolute atomic E-state index is 0.369. The summed E-state index contributed by atoms with van der Waals surface area (Å²) in [6, 6.07) is 6.90. The molecule has 0 fully saturated rings. The molecule has 3 rings (SSSR count). The molecule has 0 radical (unpaired) electrons. The van der Waals surface area contributed by atoms with Gasteiger partial charge in [0, 0.05) is 24.2 Å². The zero-order valence-corrected chi connectivity index (χ0v) is 10.4. The van der Waals surface area contributed by atoms with Crippen molar-refractivity contribution in [2.75, 3.05) is 17.2 Å². The lowest BCUT2D eigenvalue weighted by Gasteiger charge is -2.06. The first-order chi connectivity index (χ1) is 9.20. The third-order valence-corrected chi connectivity index (χ3v) is 2.82. The number of nitrogens with one attached hydrogen (secondary N) is 2. The Morgan fingerprint density at radius 2 is 2.21 bits per heavy atom. The van der Waals surface area contributed by atoms with Crippen molar-refractivity contribution in [3.8, 4) is 5.75 Å². The number of carbonyl (C=O) groups is 1. The van der Waals surface area contributed by atoms with Gasteiger partial charge in [0.2, 0.25) is 0 Å². The quantitative estimate of drug-likeness (QED) is 0.869. The van der Waals surface area contributed by atoms with Gasteiger partial charge in [-0.15, -0.1) is 0 Å². The Morgan fingerprint density at radius 1 is 1.32 bits per heavy atom. The summed E-state index contributed by atoms with van der Waals surface area (Å²) in [5.74, 6) is 1.85. The van der Waals surface area contributed by atoms with Crippen LogP contribution in [0.15, 0.2) is 28.8 Å². The lowest BCUT2D eigenvalue weighted by atomic mass is 10.1. The van der Waals surface area contributed by atoms with Gasteiger partial charge in [-0.1, -0.05) is 11.2 Å². The van der Waals surface area contributed by atoms with E-state index in [0.29, 0.717) is 23.9 Å². The van der Waals surface area contributed by atoms with Gasteiger partial charge in [-0.25, -0.2) is 4.79 Å². The number of carbonyl (C=O) groups excluding carboxylic acids is 1. The van der Waals surface area contributed by atoms with E-state index in [4.69, 9.17) is 9.26 Å². The monoisotopic (exact) mass is 259 g/mol. The Bertz CT molecular complexity index is 621. The maximum absolute atomic E-state index is 11.7. The summed E-state index contributed by atoms with van der Waals surface area (Å²) in [4.78, 5) is 11.7. The third-order valence-electron chi connectivity index (χ3n) is 2.82. The van der Waals surface area contributed by atoms with Crippen LogP contribution in [0.4, 0.5) is 16.3 Å². The van der Waals surface area contributed by atoms with Gasteiger partial charge in [0.25, 0.3) is 0 Å². The highest BCUT2D eigenvalue weighted by Crippen LogP contribution is 2.28. The Kier molecular flexibility index (Phi) is 2.83. The van der Waals surface area contributed by atoms with Crippen molar-refractivity contribution in [2.45, 2.75) is 13.3 Å². The molecule has 1 aromatic carbocycles. The van der Waals surface area contributed by atoms with E-state index in [2.05, 4.69) is 15.8 Å². The van der Waals surface area contributed by atoms with Crippen molar-refractivity contribution in [3.63, 3.8) is 0 Å². The van der Waals surface area contributed by atoms with Crippen LogP contribution in [0.1, 0.15) is 11.3 Å². The van der Waals surface area contributed by atoms with Crippen LogP contribution >= 0.6 is 0 Å². The second-order valence-corrected chi connectivity index (χ2v) is 4.32. The second-order valence-electron chi connectivity index (χ2n) is 4.32. The summed E-state index contributed by atoms with van der Waals surface area (Å²) < 4.78 is 10.3. The van der Waals surface area contributed by atoms with Crippen LogP contribution in [0.25, 0.3) is 0 Å². The van der Waals surface area contributed by atoms with E-state index < -0.39 is 0 Å². The minimum atomic E-state index is -0.369. The lowest BCUT2D eigenvalue weighted by Crippen LogP contribution is -2.19. The van der Waals surface area contributed by atoms with Crippen LogP contribution < -0.4 is 15.4 Å². The zero-order chi connectivity index (χ0) is 13.2. The molecule has 6 heteroatoms. The number of nitrogens with zero attached hydrogens (tertiary/aromatic N) is 1. The molecule has 2 aromatic rings. The molecule has 1 aliphatic rings. The average molecular weight is 259 g/mol. The number of anilines is 2. The summed E-state index contributed by atoms with van der Waals surface area (Å²) >= 11 is 0. The van der Waals surface area contributed by atoms with Gasteiger partial charge in [-0.05, 0) is 18.6 Å². The van der Waals surface area contributed by atoms with Crippen molar-refractivity contribution in [2.24, 2.45) is 0 Å². The summed E-state index contributed by atoms with van der Waals surface area (Å²) in [6.07, 6.45) is 0.917. The molecule has 98 valence electrons. The molecular formula is C13H13N3O3. The Morgan fingerprint density at radius 3 is 3.00 bits per heavy atom. The van der Waals surface area contributed by atoms with Gasteiger partial charge in [0.05, 0.1) is 6.61 Å². The van der Waals surface area contributed by atoms with Gasteiger partial charge in [0.1, 0.15) is 11.5 Å². The molecule has 0 aliphatic carbocycles. The number of urea groups is 1. The maximum atomic E-state index is 11.7. The highest BCUT2D eigenvalue weighted by Gasteiger charge is 2.13. The summed E-state index contributed by atoms with van der Waals surface area (Å²) in [5, 5.41) is 8.98. The molecule has 2 heterocycles. The highest BCUT2D eigenvalue weighted by atomic mass is 16.5. The molecule has 19 heavy (non-hydrogen) atoms. The van der Waals surface area contributed by atoms with Crippen LogP contribution in [0, 0.1) is 6.92 Å². The normalized spacial score (nSPS) is 12.7. The Balaban J connectivity index is 1.66. The average Bonchev–Trinajstić information content (AvgIpc) is 2.97. The van der Waals surface area contributed by atoms with E-state index in [0.717, 1.165) is 17.7 Å². The fraction of sp³-hybridized carbons (Fsp3) is 0.231. The van der Waals surface area contributed by atoms with Gasteiger partial charge < -0.3 is 14.6 Å². The molecule has 1 aliphatic heterocycles. The number of benzene rings is 1. The number of aromatic nitrogens is 1. The van der Waals surface area contributed by atoms with Crippen LogP contribution in [0.5, 0.6) is 5.75 Å². The molecule has 6 nitrogen and oxygen atoms in total. The number of hydrogen-bond donors (Lipinski definition) is 2. The number of ether oxygens (including phenoxy) is 1. The highest BCUT2D eigenvalue weighted by molar-refractivity contribution is 5.99. The first kappa shape index (κ1) is 11.6. The summed E-state index contributed by atoms with van der Waals surface area (Å²) in [6.45, 7) is 2.46. The maximum Gasteiger partial charge on any atom is 0.324 e. The number of rotatable bonds is 2. The van der Waals surface area contributed by atoms with Crippen molar-refractivity contribution < 1.29 is 14.1 Å². The Hall–Kier alpha value is -2.50. The molecule has 1 aromatic heterocycles. The van der Waals surface area contributed by atoms with Crippen molar-refractivity contribution in [3.05, 3.63) is 35.6 Å². The van der Waals surface area contributed by atoms with E-state index >= 15 is 0 Å². The standard InChI is InChI=1S/C13H13N3O3/c1-8-6-12(16-19-8)15-13(17)14-10-3-2-9-4-5-18-11(9)7-10/h2-3,6-7H,4-5H2,1H3,(H2,14,15,16,17). The van der Waals surface area contributed by atoms with Gasteiger partial charge >= 0.3 is 6.03 Å². The summed E-state index contributed by atoms with van der Waals surface area (Å²) in [5.41, 5.74) is 1.84. The van der Waals surface area contributed by atoms with Gasteiger partial charge in [0.15, 0.2) is 5.82 Å². The SMILES string of the molecule is Cc1cc(NC(=O)Nc2ccc3c(c2)OCC3)no1. The van der Waals surface area contributed by atoms with Crippen LogP contribution in [0.3, 0.4) is 0 Å². The number of amides is 2. The zero-order valence-electron chi connectivity index (χ0n) is 10.4. The van der Waals surface area contributed by atoms with Gasteiger partial charge in [-0.3, -0.25) is 5.32 Å². The van der Waals surface area contributed by atoms with E-state index in [1.165, 1.54) is 0 Å². The van der Waals surface area contributed by atoms with Crippen LogP contribution in [-0.4, -0.2) is 17.8 Å². The summed E-state index contributed by atoms with van der Waals surface area (Å²) in [7, 11) is 0. The molecule has 0 atom stereocenters. The van der Waals surface area contributed by atoms with E-state index in [1.807, 2.05) is 18.2 Å². The Labute approximate surface area is 109 Å². The molecular weight excluding hydrogens is 246 g/mol. The lowest BCUT2D eigenvalue weighted by molar-refractivity contribution is 0.262. The second kappa shape index (κ2) is 4.64. The van der Waals surface area contributed by atoms with E-state index in [-0.39, 0.29) is 6.03 Å². The first-order valence-corrected chi connectivity index (χ1v) is 5.98. The van der Waals surface area contributed by atoms with Crippen LogP contribution in [0.2, 0.25) is 0 Å². The smallest absolute Gasteiger partial charge is 0.324 e. The molecule has 0 saturated heterocycles. The minimum Gasteiger partial charge on any atom is -0.493 e. The van der Waals surface area contributed by atoms with E-state index in [1.54, 1.807) is 13.0 Å². The van der Waals surface area contributed by atoms with Crippen molar-refractivity contribution in [1.29, 1.82) is 0 Å². The fourth-order valence-electron chi connectivity index (χ4n) is 1.95. The molecule has 0 bridgehead atoms. The van der Waals surface area contributed by atoms with E-state index in [9.17, 15) is 4.79 Å². The molecule has 0 unspecified atom stereocenters. The number of hydrogen-bond acceptors (Lipinski definition) is 4. The molecule has 0 saturated carbocycles.